The summed E-state index contributed by atoms with van der Waals surface area (Å²) in [5, 5.41) is 8.67. The Morgan fingerprint density at radius 3 is 2.79 bits per heavy atom. The van der Waals surface area contributed by atoms with Crippen molar-refractivity contribution in [3.63, 3.8) is 0 Å². The zero-order valence-electron chi connectivity index (χ0n) is 11.0. The standard InChI is InChI=1S/C16H20O3/c17-16(18)10-9-14-7-3-4-8-15(14)12-19-11-13-5-1-2-6-13/h3-4,7-10,13H,1-2,5-6,11-12H2,(H,17,18). The summed E-state index contributed by atoms with van der Waals surface area (Å²) in [7, 11) is 0. The molecule has 3 nitrogen and oxygen atoms in total. The highest BCUT2D eigenvalue weighted by atomic mass is 16.5. The minimum Gasteiger partial charge on any atom is -0.478 e. The van der Waals surface area contributed by atoms with E-state index in [1.165, 1.54) is 25.7 Å². The molecule has 0 bridgehead atoms. The number of carbonyl (C=O) groups is 1. The molecular formula is C16H20O3. The van der Waals surface area contributed by atoms with Gasteiger partial charge in [0, 0.05) is 12.7 Å². The van der Waals surface area contributed by atoms with Crippen LogP contribution < -0.4 is 0 Å². The summed E-state index contributed by atoms with van der Waals surface area (Å²) >= 11 is 0. The summed E-state index contributed by atoms with van der Waals surface area (Å²) in [6.45, 7) is 1.37. The van der Waals surface area contributed by atoms with Gasteiger partial charge in [-0.15, -0.1) is 0 Å². The largest absolute Gasteiger partial charge is 0.478 e. The molecule has 1 aliphatic carbocycles. The number of hydrogen-bond donors (Lipinski definition) is 1. The molecule has 1 aromatic carbocycles. The Labute approximate surface area is 113 Å². The first-order valence-electron chi connectivity index (χ1n) is 6.82. The van der Waals surface area contributed by atoms with Gasteiger partial charge >= 0.3 is 5.97 Å². The highest BCUT2D eigenvalue weighted by molar-refractivity contribution is 5.85. The van der Waals surface area contributed by atoms with E-state index in [2.05, 4.69) is 0 Å². The van der Waals surface area contributed by atoms with Gasteiger partial charge < -0.3 is 9.84 Å². The molecule has 1 aliphatic rings. The molecule has 2 rings (SSSR count). The molecule has 1 fully saturated rings. The van der Waals surface area contributed by atoms with E-state index in [0.717, 1.165) is 23.8 Å². The fourth-order valence-electron chi connectivity index (χ4n) is 2.50. The van der Waals surface area contributed by atoms with Crippen LogP contribution in [0.2, 0.25) is 0 Å². The monoisotopic (exact) mass is 260 g/mol. The van der Waals surface area contributed by atoms with Crippen LogP contribution in [0.5, 0.6) is 0 Å². The first-order chi connectivity index (χ1) is 9.25. The van der Waals surface area contributed by atoms with Gasteiger partial charge in [0.1, 0.15) is 0 Å². The van der Waals surface area contributed by atoms with Crippen molar-refractivity contribution in [1.82, 2.24) is 0 Å². The zero-order chi connectivity index (χ0) is 13.5. The van der Waals surface area contributed by atoms with Crippen LogP contribution in [0.25, 0.3) is 6.08 Å². The Morgan fingerprint density at radius 2 is 2.05 bits per heavy atom. The Kier molecular flexibility index (Phi) is 5.16. The normalized spacial score (nSPS) is 16.2. The van der Waals surface area contributed by atoms with Gasteiger partial charge in [0.25, 0.3) is 0 Å². The molecule has 0 saturated heterocycles. The lowest BCUT2D eigenvalue weighted by molar-refractivity contribution is -0.131. The summed E-state index contributed by atoms with van der Waals surface area (Å²) in [6.07, 6.45) is 7.99. The van der Waals surface area contributed by atoms with E-state index in [-0.39, 0.29) is 0 Å². The molecule has 0 heterocycles. The van der Waals surface area contributed by atoms with E-state index in [9.17, 15) is 4.79 Å². The molecule has 1 N–H and O–H groups in total. The van der Waals surface area contributed by atoms with Crippen LogP contribution in [-0.2, 0) is 16.1 Å². The molecule has 0 atom stereocenters. The van der Waals surface area contributed by atoms with Crippen molar-refractivity contribution in [3.05, 3.63) is 41.5 Å². The quantitative estimate of drug-likeness (QED) is 0.796. The zero-order valence-corrected chi connectivity index (χ0v) is 11.0. The molecule has 0 aliphatic heterocycles. The number of carboxylic acid groups (broad SMARTS) is 1. The van der Waals surface area contributed by atoms with Crippen LogP contribution in [0.4, 0.5) is 0 Å². The van der Waals surface area contributed by atoms with Gasteiger partial charge in [-0.3, -0.25) is 0 Å². The number of hydrogen-bond acceptors (Lipinski definition) is 2. The van der Waals surface area contributed by atoms with Gasteiger partial charge in [0.2, 0.25) is 0 Å². The van der Waals surface area contributed by atoms with E-state index >= 15 is 0 Å². The maximum Gasteiger partial charge on any atom is 0.328 e. The van der Waals surface area contributed by atoms with E-state index in [4.69, 9.17) is 9.84 Å². The van der Waals surface area contributed by atoms with Gasteiger partial charge in [0.05, 0.1) is 6.61 Å². The second-order valence-electron chi connectivity index (χ2n) is 5.04. The maximum atomic E-state index is 10.6. The number of aliphatic carboxylic acids is 1. The van der Waals surface area contributed by atoms with Crippen molar-refractivity contribution in [3.8, 4) is 0 Å². The molecular weight excluding hydrogens is 240 g/mol. The third-order valence-corrected chi connectivity index (χ3v) is 3.55. The first-order valence-corrected chi connectivity index (χ1v) is 6.82. The van der Waals surface area contributed by atoms with Crippen molar-refractivity contribution >= 4 is 12.0 Å². The third-order valence-electron chi connectivity index (χ3n) is 3.55. The Bertz CT molecular complexity index is 445. The van der Waals surface area contributed by atoms with Gasteiger partial charge in [-0.1, -0.05) is 37.1 Å². The van der Waals surface area contributed by atoms with Crippen LogP contribution in [0, 0.1) is 5.92 Å². The Balaban J connectivity index is 1.89. The first kappa shape index (κ1) is 13.8. The second-order valence-corrected chi connectivity index (χ2v) is 5.04. The Hall–Kier alpha value is -1.61. The van der Waals surface area contributed by atoms with Crippen LogP contribution in [0.3, 0.4) is 0 Å². The predicted octanol–water partition coefficient (Wildman–Crippen LogP) is 3.49. The molecule has 19 heavy (non-hydrogen) atoms. The molecule has 0 aromatic heterocycles. The lowest BCUT2D eigenvalue weighted by atomic mass is 10.1. The average Bonchev–Trinajstić information content (AvgIpc) is 2.91. The van der Waals surface area contributed by atoms with Crippen molar-refractivity contribution in [1.29, 1.82) is 0 Å². The predicted molar refractivity (Wildman–Crippen MR) is 74.7 cm³/mol. The van der Waals surface area contributed by atoms with Gasteiger partial charge in [-0.2, -0.15) is 0 Å². The lowest BCUT2D eigenvalue weighted by Crippen LogP contribution is -2.06. The molecule has 1 aromatic rings. The number of carboxylic acids is 1. The number of ether oxygens (including phenoxy) is 1. The summed E-state index contributed by atoms with van der Waals surface area (Å²) in [5.41, 5.74) is 1.95. The van der Waals surface area contributed by atoms with Gasteiger partial charge in [-0.05, 0) is 36.0 Å². The SMILES string of the molecule is O=C(O)C=Cc1ccccc1COCC1CCCC1. The summed E-state index contributed by atoms with van der Waals surface area (Å²) < 4.78 is 5.77. The molecule has 1 saturated carbocycles. The molecule has 102 valence electrons. The van der Waals surface area contributed by atoms with E-state index < -0.39 is 5.97 Å². The molecule has 0 spiro atoms. The number of rotatable bonds is 6. The summed E-state index contributed by atoms with van der Waals surface area (Å²) in [4.78, 5) is 10.6. The smallest absolute Gasteiger partial charge is 0.328 e. The van der Waals surface area contributed by atoms with Crippen molar-refractivity contribution in [2.45, 2.75) is 32.3 Å². The van der Waals surface area contributed by atoms with Crippen LogP contribution >= 0.6 is 0 Å². The van der Waals surface area contributed by atoms with Crippen molar-refractivity contribution in [2.24, 2.45) is 5.92 Å². The topological polar surface area (TPSA) is 46.5 Å². The van der Waals surface area contributed by atoms with E-state index in [1.54, 1.807) is 6.08 Å². The molecule has 0 radical (unpaired) electrons. The van der Waals surface area contributed by atoms with Gasteiger partial charge in [-0.25, -0.2) is 4.79 Å². The third kappa shape index (κ3) is 4.52. The van der Waals surface area contributed by atoms with E-state index in [1.807, 2.05) is 24.3 Å². The van der Waals surface area contributed by atoms with Crippen molar-refractivity contribution < 1.29 is 14.6 Å². The summed E-state index contributed by atoms with van der Waals surface area (Å²) in [6, 6.07) is 7.75. The van der Waals surface area contributed by atoms with E-state index in [0.29, 0.717) is 12.5 Å². The number of benzene rings is 1. The van der Waals surface area contributed by atoms with Gasteiger partial charge in [0.15, 0.2) is 0 Å². The second kappa shape index (κ2) is 7.10. The molecule has 3 heteroatoms. The van der Waals surface area contributed by atoms with Crippen molar-refractivity contribution in [2.75, 3.05) is 6.61 Å². The highest BCUT2D eigenvalue weighted by Gasteiger charge is 2.14. The fourth-order valence-corrected chi connectivity index (χ4v) is 2.50. The molecule has 0 unspecified atom stereocenters. The average molecular weight is 260 g/mol. The lowest BCUT2D eigenvalue weighted by Gasteiger charge is -2.11. The minimum atomic E-state index is -0.929. The minimum absolute atomic E-state index is 0.552. The Morgan fingerprint density at radius 1 is 1.32 bits per heavy atom. The maximum absolute atomic E-state index is 10.6. The summed E-state index contributed by atoms with van der Waals surface area (Å²) in [5.74, 6) is -0.219. The highest BCUT2D eigenvalue weighted by Crippen LogP contribution is 2.25. The van der Waals surface area contributed by atoms with Crippen LogP contribution in [0.15, 0.2) is 30.3 Å². The molecule has 0 amide bonds. The fraction of sp³-hybridized carbons (Fsp3) is 0.438. The van der Waals surface area contributed by atoms with Crippen LogP contribution in [0.1, 0.15) is 36.8 Å². The van der Waals surface area contributed by atoms with Crippen LogP contribution in [-0.4, -0.2) is 17.7 Å².